The Morgan fingerprint density at radius 2 is 1.00 bits per heavy atom. The SMILES string of the molecule is CCCCCCCCCCCCCCCCC=CN(CCO)CCO. The van der Waals surface area contributed by atoms with E-state index in [0.717, 1.165) is 6.42 Å². The van der Waals surface area contributed by atoms with Crippen LogP contribution in [0.15, 0.2) is 12.3 Å². The standard InChI is InChI=1S/C22H45NO2/c1-2-3-4-5-6-7-8-9-10-11-12-13-14-15-16-17-18-23(19-21-24)20-22-25/h17-18,24-25H,2-16,19-22H2,1H3. The van der Waals surface area contributed by atoms with Gasteiger partial charge in [-0.1, -0.05) is 96.5 Å². The number of unbranched alkanes of at least 4 members (excludes halogenated alkanes) is 14. The molecule has 0 rings (SSSR count). The Bertz CT molecular complexity index is 263. The van der Waals surface area contributed by atoms with Crippen LogP contribution in [0, 0.1) is 0 Å². The maximum absolute atomic E-state index is 8.94. The molecule has 0 radical (unpaired) electrons. The van der Waals surface area contributed by atoms with Crippen LogP contribution in [-0.4, -0.2) is 41.4 Å². The molecule has 0 aromatic rings. The number of aliphatic hydroxyl groups excluding tert-OH is 2. The molecule has 0 aliphatic carbocycles. The highest BCUT2D eigenvalue weighted by molar-refractivity contribution is 4.82. The predicted molar refractivity (Wildman–Crippen MR) is 110 cm³/mol. The average Bonchev–Trinajstić information content (AvgIpc) is 2.61. The molecular formula is C22H45NO2. The summed E-state index contributed by atoms with van der Waals surface area (Å²) in [7, 11) is 0. The van der Waals surface area contributed by atoms with Gasteiger partial charge in [0.25, 0.3) is 0 Å². The minimum atomic E-state index is 0.142. The molecule has 0 aromatic heterocycles. The molecule has 0 atom stereocenters. The summed E-state index contributed by atoms with van der Waals surface area (Å²) in [5.74, 6) is 0. The van der Waals surface area contributed by atoms with Crippen LogP contribution in [0.5, 0.6) is 0 Å². The third-order valence-electron chi connectivity index (χ3n) is 4.81. The molecule has 0 saturated heterocycles. The van der Waals surface area contributed by atoms with Gasteiger partial charge in [0.2, 0.25) is 0 Å². The summed E-state index contributed by atoms with van der Waals surface area (Å²) in [5.41, 5.74) is 0. The molecule has 0 saturated carbocycles. The van der Waals surface area contributed by atoms with Crippen LogP contribution in [0.3, 0.4) is 0 Å². The van der Waals surface area contributed by atoms with Crippen molar-refractivity contribution in [2.24, 2.45) is 0 Å². The quantitative estimate of drug-likeness (QED) is 0.277. The molecule has 0 aromatic carbocycles. The lowest BCUT2D eigenvalue weighted by atomic mass is 10.0. The van der Waals surface area contributed by atoms with Crippen molar-refractivity contribution in [1.29, 1.82) is 0 Å². The van der Waals surface area contributed by atoms with E-state index in [1.165, 1.54) is 89.9 Å². The molecule has 0 spiro atoms. The summed E-state index contributed by atoms with van der Waals surface area (Å²) in [5, 5.41) is 17.9. The fourth-order valence-corrected chi connectivity index (χ4v) is 3.20. The highest BCUT2D eigenvalue weighted by Crippen LogP contribution is 2.13. The third kappa shape index (κ3) is 19.6. The van der Waals surface area contributed by atoms with Crippen LogP contribution >= 0.6 is 0 Å². The first-order chi connectivity index (χ1) is 12.3. The number of nitrogens with zero attached hydrogens (tertiary/aromatic N) is 1. The van der Waals surface area contributed by atoms with Crippen LogP contribution in [0.25, 0.3) is 0 Å². The summed E-state index contributed by atoms with van der Waals surface area (Å²) in [6, 6.07) is 0. The Kier molecular flexibility index (Phi) is 21.0. The zero-order valence-electron chi connectivity index (χ0n) is 16.9. The van der Waals surface area contributed by atoms with Crippen molar-refractivity contribution in [1.82, 2.24) is 4.90 Å². The van der Waals surface area contributed by atoms with E-state index in [1.807, 2.05) is 11.1 Å². The van der Waals surface area contributed by atoms with Crippen molar-refractivity contribution in [2.75, 3.05) is 26.3 Å². The van der Waals surface area contributed by atoms with Gasteiger partial charge in [0.15, 0.2) is 0 Å². The van der Waals surface area contributed by atoms with E-state index in [1.54, 1.807) is 0 Å². The fraction of sp³-hybridized carbons (Fsp3) is 0.909. The summed E-state index contributed by atoms with van der Waals surface area (Å²) in [6.45, 7) is 3.78. The van der Waals surface area contributed by atoms with E-state index >= 15 is 0 Å². The number of hydrogen-bond acceptors (Lipinski definition) is 3. The highest BCUT2D eigenvalue weighted by Gasteiger charge is 1.96. The molecule has 150 valence electrons. The average molecular weight is 356 g/mol. The largest absolute Gasteiger partial charge is 0.395 e. The van der Waals surface area contributed by atoms with Gasteiger partial charge in [0, 0.05) is 13.1 Å². The summed E-state index contributed by atoms with van der Waals surface area (Å²) in [4.78, 5) is 1.98. The van der Waals surface area contributed by atoms with Crippen molar-refractivity contribution in [3.05, 3.63) is 12.3 Å². The van der Waals surface area contributed by atoms with Crippen LogP contribution in [0.4, 0.5) is 0 Å². The van der Waals surface area contributed by atoms with Gasteiger partial charge in [-0.15, -0.1) is 0 Å². The molecule has 0 aliphatic rings. The molecule has 0 amide bonds. The minimum Gasteiger partial charge on any atom is -0.395 e. The van der Waals surface area contributed by atoms with Crippen LogP contribution in [-0.2, 0) is 0 Å². The Labute approximate surface area is 157 Å². The monoisotopic (exact) mass is 355 g/mol. The predicted octanol–water partition coefficient (Wildman–Crippen LogP) is 5.66. The fourth-order valence-electron chi connectivity index (χ4n) is 3.20. The Morgan fingerprint density at radius 3 is 1.40 bits per heavy atom. The van der Waals surface area contributed by atoms with Gasteiger partial charge in [-0.3, -0.25) is 0 Å². The maximum Gasteiger partial charge on any atom is 0.0606 e. The van der Waals surface area contributed by atoms with Gasteiger partial charge in [-0.2, -0.15) is 0 Å². The van der Waals surface area contributed by atoms with Crippen molar-refractivity contribution < 1.29 is 10.2 Å². The van der Waals surface area contributed by atoms with Gasteiger partial charge in [-0.25, -0.2) is 0 Å². The first-order valence-corrected chi connectivity index (χ1v) is 11.0. The molecule has 0 unspecified atom stereocenters. The van der Waals surface area contributed by atoms with Gasteiger partial charge in [0.05, 0.1) is 13.2 Å². The van der Waals surface area contributed by atoms with Gasteiger partial charge in [0.1, 0.15) is 0 Å². The molecule has 3 heteroatoms. The smallest absolute Gasteiger partial charge is 0.0606 e. The Balaban J connectivity index is 3.23. The van der Waals surface area contributed by atoms with Gasteiger partial charge in [-0.05, 0) is 19.0 Å². The second-order valence-electron chi connectivity index (χ2n) is 7.25. The lowest BCUT2D eigenvalue weighted by Gasteiger charge is -2.17. The van der Waals surface area contributed by atoms with Crippen LogP contribution in [0.1, 0.15) is 103 Å². The summed E-state index contributed by atoms with van der Waals surface area (Å²) < 4.78 is 0. The van der Waals surface area contributed by atoms with Gasteiger partial charge >= 0.3 is 0 Å². The first kappa shape index (κ1) is 24.5. The normalized spacial score (nSPS) is 11.5. The van der Waals surface area contributed by atoms with E-state index in [-0.39, 0.29) is 13.2 Å². The zero-order valence-corrected chi connectivity index (χ0v) is 16.9. The van der Waals surface area contributed by atoms with Crippen molar-refractivity contribution in [3.8, 4) is 0 Å². The van der Waals surface area contributed by atoms with Crippen LogP contribution in [0.2, 0.25) is 0 Å². The Hall–Kier alpha value is -0.540. The number of rotatable bonds is 20. The third-order valence-corrected chi connectivity index (χ3v) is 4.81. The van der Waals surface area contributed by atoms with Crippen molar-refractivity contribution in [2.45, 2.75) is 103 Å². The molecular weight excluding hydrogens is 310 g/mol. The van der Waals surface area contributed by atoms with Crippen molar-refractivity contribution in [3.63, 3.8) is 0 Å². The number of aliphatic hydroxyl groups is 2. The molecule has 0 bridgehead atoms. The maximum atomic E-state index is 8.94. The lowest BCUT2D eigenvalue weighted by Crippen LogP contribution is -2.24. The number of allylic oxidation sites excluding steroid dienone is 1. The van der Waals surface area contributed by atoms with Crippen molar-refractivity contribution >= 4 is 0 Å². The molecule has 0 heterocycles. The van der Waals surface area contributed by atoms with E-state index in [2.05, 4.69) is 13.0 Å². The van der Waals surface area contributed by atoms with Gasteiger partial charge < -0.3 is 15.1 Å². The first-order valence-electron chi connectivity index (χ1n) is 11.0. The van der Waals surface area contributed by atoms with E-state index < -0.39 is 0 Å². The second kappa shape index (κ2) is 21.5. The zero-order chi connectivity index (χ0) is 18.4. The molecule has 25 heavy (non-hydrogen) atoms. The van der Waals surface area contributed by atoms with E-state index in [4.69, 9.17) is 10.2 Å². The van der Waals surface area contributed by atoms with Crippen LogP contribution < -0.4 is 0 Å². The van der Waals surface area contributed by atoms with E-state index in [9.17, 15) is 0 Å². The number of hydrogen-bond donors (Lipinski definition) is 2. The van der Waals surface area contributed by atoms with E-state index in [0.29, 0.717) is 13.1 Å². The summed E-state index contributed by atoms with van der Waals surface area (Å²) in [6.07, 6.45) is 24.9. The minimum absolute atomic E-state index is 0.142. The topological polar surface area (TPSA) is 43.7 Å². The highest BCUT2D eigenvalue weighted by atomic mass is 16.3. The Morgan fingerprint density at radius 1 is 0.600 bits per heavy atom. The molecule has 3 nitrogen and oxygen atoms in total. The molecule has 0 fully saturated rings. The molecule has 0 aliphatic heterocycles. The summed E-state index contributed by atoms with van der Waals surface area (Å²) >= 11 is 0. The molecule has 2 N–H and O–H groups in total. The lowest BCUT2D eigenvalue weighted by molar-refractivity contribution is 0.198. The second-order valence-corrected chi connectivity index (χ2v) is 7.25.